The molecule has 0 bridgehead atoms. The Kier molecular flexibility index (Phi) is 15.0. The van der Waals surface area contributed by atoms with Crippen molar-refractivity contribution in [3.8, 4) is 0 Å². The number of amides is 6. The topological polar surface area (TPSA) is 242 Å². The van der Waals surface area contributed by atoms with Crippen molar-refractivity contribution in [1.82, 2.24) is 31.1 Å². The van der Waals surface area contributed by atoms with Crippen LogP contribution in [0.4, 0.5) is 0 Å². The van der Waals surface area contributed by atoms with Crippen LogP contribution in [0.15, 0.2) is 4.99 Å². The van der Waals surface area contributed by atoms with Crippen molar-refractivity contribution < 1.29 is 33.9 Å². The SMILES string of the molecule is CCC[C@H](NC(=O)[C@@H](NC(C)=O)[C@@H](C)O)C(=O)N1CCC[C@H]1C(=O)N[C@@H](CCCN=C(N)N)C(=O)N1CCC[C@H]1C(=O)NCC. The van der Waals surface area contributed by atoms with E-state index in [2.05, 4.69) is 26.3 Å². The van der Waals surface area contributed by atoms with Crippen LogP contribution in [0.3, 0.4) is 0 Å². The lowest BCUT2D eigenvalue weighted by Gasteiger charge is -2.32. The third-order valence-corrected chi connectivity index (χ3v) is 7.90. The third-order valence-electron chi connectivity index (χ3n) is 7.90. The molecule has 6 atom stereocenters. The molecule has 2 aliphatic rings. The second-order valence-electron chi connectivity index (χ2n) is 11.6. The molecule has 0 spiro atoms. The molecule has 2 rings (SSSR count). The zero-order chi connectivity index (χ0) is 33.7. The number of aliphatic hydroxyl groups excluding tert-OH is 1. The van der Waals surface area contributed by atoms with Gasteiger partial charge in [0, 0.05) is 33.1 Å². The van der Waals surface area contributed by atoms with Crippen molar-refractivity contribution in [2.45, 2.75) is 115 Å². The number of nitrogens with two attached hydrogens (primary N) is 2. The maximum Gasteiger partial charge on any atom is 0.245 e. The highest BCUT2D eigenvalue weighted by atomic mass is 16.3. The average Bonchev–Trinajstić information content (AvgIpc) is 3.67. The molecule has 2 fully saturated rings. The summed E-state index contributed by atoms with van der Waals surface area (Å²) >= 11 is 0. The number of aliphatic hydroxyl groups is 1. The number of aliphatic imine (C=N–C) groups is 1. The van der Waals surface area contributed by atoms with E-state index in [1.54, 1.807) is 6.92 Å². The molecule has 2 aliphatic heterocycles. The van der Waals surface area contributed by atoms with E-state index < -0.39 is 65.8 Å². The van der Waals surface area contributed by atoms with Crippen LogP contribution in [-0.2, 0) is 28.8 Å². The van der Waals surface area contributed by atoms with Gasteiger partial charge in [0.1, 0.15) is 30.2 Å². The Balaban J connectivity index is 2.23. The van der Waals surface area contributed by atoms with Gasteiger partial charge in [-0.1, -0.05) is 13.3 Å². The predicted octanol–water partition coefficient (Wildman–Crippen LogP) is -2.19. The van der Waals surface area contributed by atoms with Crippen molar-refractivity contribution in [3.05, 3.63) is 0 Å². The van der Waals surface area contributed by atoms with Gasteiger partial charge in [0.15, 0.2) is 5.96 Å². The van der Waals surface area contributed by atoms with Crippen molar-refractivity contribution in [2.24, 2.45) is 16.5 Å². The Bertz CT molecular complexity index is 1100. The van der Waals surface area contributed by atoms with Gasteiger partial charge in [0.05, 0.1) is 6.10 Å². The highest BCUT2D eigenvalue weighted by Gasteiger charge is 2.41. The van der Waals surface area contributed by atoms with Gasteiger partial charge >= 0.3 is 0 Å². The number of carbonyl (C=O) groups is 6. The number of carbonyl (C=O) groups excluding carboxylic acids is 6. The first-order chi connectivity index (χ1) is 21.3. The van der Waals surface area contributed by atoms with E-state index in [1.165, 1.54) is 23.6 Å². The van der Waals surface area contributed by atoms with Crippen LogP contribution in [0.5, 0.6) is 0 Å². The van der Waals surface area contributed by atoms with E-state index >= 15 is 0 Å². The van der Waals surface area contributed by atoms with E-state index in [1.807, 2.05) is 6.92 Å². The zero-order valence-electron chi connectivity index (χ0n) is 26.8. The van der Waals surface area contributed by atoms with Crippen molar-refractivity contribution in [3.63, 3.8) is 0 Å². The molecule has 0 aromatic carbocycles. The van der Waals surface area contributed by atoms with E-state index in [-0.39, 0.29) is 37.8 Å². The largest absolute Gasteiger partial charge is 0.391 e. The fourth-order valence-corrected chi connectivity index (χ4v) is 5.76. The summed E-state index contributed by atoms with van der Waals surface area (Å²) in [6.07, 6.45) is 2.24. The van der Waals surface area contributed by atoms with Crippen LogP contribution in [-0.4, -0.2) is 119 Å². The molecule has 0 aromatic heterocycles. The molecule has 2 saturated heterocycles. The minimum atomic E-state index is -1.26. The molecule has 0 radical (unpaired) electrons. The average molecular weight is 638 g/mol. The van der Waals surface area contributed by atoms with Crippen molar-refractivity contribution in [2.75, 3.05) is 26.2 Å². The second kappa shape index (κ2) is 18.1. The number of guanidine groups is 1. The Morgan fingerprint density at radius 3 is 1.91 bits per heavy atom. The number of nitrogens with zero attached hydrogens (tertiary/aromatic N) is 3. The molecule has 0 aliphatic carbocycles. The molecule has 0 saturated carbocycles. The zero-order valence-corrected chi connectivity index (χ0v) is 26.8. The van der Waals surface area contributed by atoms with E-state index in [0.29, 0.717) is 51.6 Å². The maximum absolute atomic E-state index is 13.7. The third kappa shape index (κ3) is 10.9. The summed E-state index contributed by atoms with van der Waals surface area (Å²) in [6, 6.07) is -4.75. The summed E-state index contributed by atoms with van der Waals surface area (Å²) in [7, 11) is 0. The first kappa shape index (κ1) is 37.2. The Morgan fingerprint density at radius 1 is 0.867 bits per heavy atom. The smallest absolute Gasteiger partial charge is 0.245 e. The first-order valence-corrected chi connectivity index (χ1v) is 15.8. The highest BCUT2D eigenvalue weighted by Crippen LogP contribution is 2.22. The Hall–Kier alpha value is -3.95. The van der Waals surface area contributed by atoms with Gasteiger partial charge in [0.25, 0.3) is 0 Å². The predicted molar refractivity (Wildman–Crippen MR) is 166 cm³/mol. The standard InChI is InChI=1S/C29H51N9O7/c1-5-10-19(36-26(43)23(17(3)39)34-18(4)40)27(44)38-16-9-13-22(38)25(42)35-20(11-7-14-33-29(30)31)28(45)37-15-8-12-21(37)24(41)32-6-2/h17,19-23,39H,5-16H2,1-4H3,(H,32,41)(H,34,40)(H,35,42)(H,36,43)(H4,30,31,33)/t17-,19+,20+,21+,22+,23+/m1/s1. The fourth-order valence-electron chi connectivity index (χ4n) is 5.76. The molecule has 0 unspecified atom stereocenters. The molecule has 16 heteroatoms. The van der Waals surface area contributed by atoms with Gasteiger partial charge < -0.3 is 47.6 Å². The van der Waals surface area contributed by atoms with Crippen LogP contribution in [0.25, 0.3) is 0 Å². The summed E-state index contributed by atoms with van der Waals surface area (Å²) < 4.78 is 0. The van der Waals surface area contributed by atoms with Crippen LogP contribution in [0.1, 0.15) is 79.1 Å². The quantitative estimate of drug-likeness (QED) is 0.0552. The first-order valence-electron chi connectivity index (χ1n) is 15.8. The van der Waals surface area contributed by atoms with Crippen LogP contribution in [0.2, 0.25) is 0 Å². The number of likely N-dealkylation sites (tertiary alicyclic amines) is 2. The number of hydrogen-bond acceptors (Lipinski definition) is 8. The summed E-state index contributed by atoms with van der Waals surface area (Å²) in [5.74, 6) is -2.95. The number of rotatable bonds is 16. The van der Waals surface area contributed by atoms with Crippen LogP contribution in [0, 0.1) is 0 Å². The molecule has 254 valence electrons. The van der Waals surface area contributed by atoms with Gasteiger partial charge in [-0.3, -0.25) is 33.8 Å². The second-order valence-corrected chi connectivity index (χ2v) is 11.6. The van der Waals surface area contributed by atoms with E-state index in [0.717, 1.165) is 0 Å². The summed E-state index contributed by atoms with van der Waals surface area (Å²) in [4.78, 5) is 85.1. The summed E-state index contributed by atoms with van der Waals surface area (Å²) in [5, 5.41) is 20.6. The molecule has 16 nitrogen and oxygen atoms in total. The molecular formula is C29H51N9O7. The fraction of sp³-hybridized carbons (Fsp3) is 0.759. The van der Waals surface area contributed by atoms with E-state index in [4.69, 9.17) is 11.5 Å². The van der Waals surface area contributed by atoms with E-state index in [9.17, 15) is 33.9 Å². The molecular weight excluding hydrogens is 586 g/mol. The van der Waals surface area contributed by atoms with Crippen molar-refractivity contribution in [1.29, 1.82) is 0 Å². The summed E-state index contributed by atoms with van der Waals surface area (Å²) in [6.45, 7) is 7.51. The lowest BCUT2D eigenvalue weighted by atomic mass is 10.1. The monoisotopic (exact) mass is 637 g/mol. The molecule has 9 N–H and O–H groups in total. The molecule has 6 amide bonds. The van der Waals surface area contributed by atoms with Gasteiger partial charge in [-0.05, 0) is 58.8 Å². The maximum atomic E-state index is 13.7. The number of likely N-dealkylation sites (N-methyl/N-ethyl adjacent to an activating group) is 1. The van der Waals surface area contributed by atoms with Gasteiger partial charge in [-0.15, -0.1) is 0 Å². The minimum absolute atomic E-state index is 0.0940. The normalized spacial score (nSPS) is 20.4. The van der Waals surface area contributed by atoms with Gasteiger partial charge in [-0.2, -0.15) is 0 Å². The molecule has 0 aromatic rings. The lowest BCUT2D eigenvalue weighted by Crippen LogP contribution is -2.59. The highest BCUT2D eigenvalue weighted by molar-refractivity contribution is 5.97. The van der Waals surface area contributed by atoms with Gasteiger partial charge in [-0.25, -0.2) is 0 Å². The number of hydrogen-bond donors (Lipinski definition) is 7. The number of nitrogens with one attached hydrogen (secondary N) is 4. The Morgan fingerprint density at radius 2 is 1.42 bits per heavy atom. The minimum Gasteiger partial charge on any atom is -0.391 e. The molecule has 2 heterocycles. The molecule has 45 heavy (non-hydrogen) atoms. The van der Waals surface area contributed by atoms with Crippen LogP contribution < -0.4 is 32.7 Å². The van der Waals surface area contributed by atoms with Gasteiger partial charge in [0.2, 0.25) is 35.4 Å². The van der Waals surface area contributed by atoms with Crippen molar-refractivity contribution >= 4 is 41.4 Å². The lowest BCUT2D eigenvalue weighted by molar-refractivity contribution is -0.144. The van der Waals surface area contributed by atoms with Crippen LogP contribution >= 0.6 is 0 Å². The summed E-state index contributed by atoms with van der Waals surface area (Å²) in [5.41, 5.74) is 10.9. The Labute approximate surface area is 264 Å².